The Morgan fingerprint density at radius 1 is 1.39 bits per heavy atom. The average molecular weight is 284 g/mol. The van der Waals surface area contributed by atoms with Crippen LogP contribution in [-0.4, -0.2) is 43.9 Å². The maximum Gasteiger partial charge on any atom is 0.327 e. The van der Waals surface area contributed by atoms with Crippen LogP contribution < -0.4 is 0 Å². The summed E-state index contributed by atoms with van der Waals surface area (Å²) in [7, 11) is -3.65. The zero-order valence-electron chi connectivity index (χ0n) is 10.6. The smallest absolute Gasteiger partial charge is 0.327 e. The summed E-state index contributed by atoms with van der Waals surface area (Å²) in [6.45, 7) is 3.73. The molecule has 7 nitrogen and oxygen atoms in total. The highest BCUT2D eigenvalue weighted by atomic mass is 32.2. The molecule has 2 unspecified atom stereocenters. The molecule has 2 atom stereocenters. The summed E-state index contributed by atoms with van der Waals surface area (Å²) in [5.74, 6) is -2.00. The maximum atomic E-state index is 11.5. The van der Waals surface area contributed by atoms with Crippen molar-refractivity contribution in [1.82, 2.24) is 0 Å². The Hall–Kier alpha value is -1.15. The van der Waals surface area contributed by atoms with Crippen LogP contribution in [0.2, 0.25) is 0 Å². The lowest BCUT2D eigenvalue weighted by Gasteiger charge is -2.14. The molecule has 1 N–H and O–H groups in total. The first-order chi connectivity index (χ1) is 8.22. The third-order valence-electron chi connectivity index (χ3n) is 2.41. The Kier molecular flexibility index (Phi) is 6.85. The van der Waals surface area contributed by atoms with E-state index < -0.39 is 33.7 Å². The summed E-state index contributed by atoms with van der Waals surface area (Å²) in [4.78, 5) is 22.5. The molecule has 0 aliphatic heterocycles. The van der Waals surface area contributed by atoms with Gasteiger partial charge in [0.25, 0.3) is 10.1 Å². The lowest BCUT2D eigenvalue weighted by atomic mass is 10.1. The fourth-order valence-corrected chi connectivity index (χ4v) is 1.64. The zero-order chi connectivity index (χ0) is 14.3. The van der Waals surface area contributed by atoms with Gasteiger partial charge in [-0.15, -0.1) is 0 Å². The van der Waals surface area contributed by atoms with E-state index in [1.807, 2.05) is 13.8 Å². The van der Waals surface area contributed by atoms with Gasteiger partial charge in [0, 0.05) is 1.43 Å². The SMILES string of the molecule is CCC(C)COC(=O)C(CC(=O)OC)S(=O)(=O)O.[HH]. The lowest BCUT2D eigenvalue weighted by molar-refractivity contribution is -0.149. The largest absolute Gasteiger partial charge is 0.469 e. The number of hydrogen-bond donors (Lipinski definition) is 1. The molecular weight excluding hydrogens is 264 g/mol. The van der Waals surface area contributed by atoms with Crippen LogP contribution in [-0.2, 0) is 29.2 Å². The zero-order valence-corrected chi connectivity index (χ0v) is 11.4. The second kappa shape index (κ2) is 7.32. The van der Waals surface area contributed by atoms with E-state index in [0.717, 1.165) is 13.5 Å². The van der Waals surface area contributed by atoms with Gasteiger partial charge in [0.15, 0.2) is 5.25 Å². The van der Waals surface area contributed by atoms with Crippen LogP contribution in [0, 0.1) is 5.92 Å². The minimum absolute atomic E-state index is 0. The molecule has 0 rings (SSSR count). The summed E-state index contributed by atoms with van der Waals surface area (Å²) in [5.41, 5.74) is 0. The van der Waals surface area contributed by atoms with Crippen molar-refractivity contribution in [3.8, 4) is 0 Å². The van der Waals surface area contributed by atoms with Crippen molar-refractivity contribution in [2.24, 2.45) is 5.92 Å². The predicted molar refractivity (Wildman–Crippen MR) is 64.5 cm³/mol. The van der Waals surface area contributed by atoms with Crippen molar-refractivity contribution < 1.29 is 33.5 Å². The molecule has 18 heavy (non-hydrogen) atoms. The molecule has 0 aliphatic carbocycles. The molecule has 0 heterocycles. The van der Waals surface area contributed by atoms with Crippen LogP contribution in [0.1, 0.15) is 28.1 Å². The van der Waals surface area contributed by atoms with Gasteiger partial charge in [0.05, 0.1) is 20.1 Å². The van der Waals surface area contributed by atoms with Gasteiger partial charge in [-0.3, -0.25) is 14.1 Å². The fourth-order valence-electron chi connectivity index (χ4n) is 0.980. The van der Waals surface area contributed by atoms with Crippen LogP contribution in [0.5, 0.6) is 0 Å². The molecule has 108 valence electrons. The number of hydrogen-bond acceptors (Lipinski definition) is 6. The van der Waals surface area contributed by atoms with Crippen molar-refractivity contribution in [1.29, 1.82) is 0 Å². The first-order valence-corrected chi connectivity index (χ1v) is 6.92. The Bertz CT molecular complexity index is 393. The molecule has 0 aliphatic rings. The van der Waals surface area contributed by atoms with E-state index in [0.29, 0.717) is 0 Å². The van der Waals surface area contributed by atoms with Gasteiger partial charge < -0.3 is 9.47 Å². The van der Waals surface area contributed by atoms with Gasteiger partial charge in [-0.2, -0.15) is 8.42 Å². The van der Waals surface area contributed by atoms with Gasteiger partial charge in [-0.25, -0.2) is 0 Å². The number of esters is 2. The quantitative estimate of drug-likeness (QED) is 0.540. The first kappa shape index (κ1) is 16.9. The Labute approximate surface area is 108 Å². The number of ether oxygens (including phenoxy) is 2. The van der Waals surface area contributed by atoms with Gasteiger partial charge >= 0.3 is 11.9 Å². The second-order valence-corrected chi connectivity index (χ2v) is 5.53. The molecule has 0 bridgehead atoms. The molecule has 8 heteroatoms. The summed E-state index contributed by atoms with van der Waals surface area (Å²) < 4.78 is 39.8. The number of carbonyl (C=O) groups is 2. The number of rotatable bonds is 7. The van der Waals surface area contributed by atoms with E-state index >= 15 is 0 Å². The average Bonchev–Trinajstić information content (AvgIpc) is 2.30. The molecule has 0 aromatic heterocycles. The van der Waals surface area contributed by atoms with Crippen LogP contribution in [0.15, 0.2) is 0 Å². The molecular formula is C10H20O7S. The van der Waals surface area contributed by atoms with Crippen molar-refractivity contribution >= 4 is 22.1 Å². The van der Waals surface area contributed by atoms with E-state index in [1.54, 1.807) is 0 Å². The Balaban J connectivity index is 0. The molecule has 0 spiro atoms. The minimum Gasteiger partial charge on any atom is -0.469 e. The summed E-state index contributed by atoms with van der Waals surface area (Å²) >= 11 is 0. The Morgan fingerprint density at radius 2 is 1.94 bits per heavy atom. The van der Waals surface area contributed by atoms with E-state index in [2.05, 4.69) is 4.74 Å². The highest BCUT2D eigenvalue weighted by molar-refractivity contribution is 7.87. The molecule has 0 radical (unpaired) electrons. The molecule has 0 saturated carbocycles. The van der Waals surface area contributed by atoms with E-state index in [9.17, 15) is 18.0 Å². The molecule has 0 aromatic rings. The summed E-state index contributed by atoms with van der Waals surface area (Å²) in [5, 5.41) is -1.94. The van der Waals surface area contributed by atoms with Crippen LogP contribution in [0.25, 0.3) is 0 Å². The van der Waals surface area contributed by atoms with Crippen molar-refractivity contribution in [2.45, 2.75) is 31.9 Å². The van der Waals surface area contributed by atoms with E-state index in [1.165, 1.54) is 0 Å². The summed E-state index contributed by atoms with van der Waals surface area (Å²) in [6, 6.07) is 0. The Morgan fingerprint density at radius 3 is 2.33 bits per heavy atom. The van der Waals surface area contributed by atoms with Gasteiger partial charge in [0.1, 0.15) is 0 Å². The standard InChI is InChI=1S/C10H18O7S.H2/c1-4-7(2)6-17-10(12)8(18(13,14)15)5-9(11)16-3;/h7-8H,4-6H2,1-3H3,(H,13,14,15);1H. The fraction of sp³-hybridized carbons (Fsp3) is 0.800. The van der Waals surface area contributed by atoms with Crippen molar-refractivity contribution in [3.63, 3.8) is 0 Å². The normalized spacial score (nSPS) is 14.7. The van der Waals surface area contributed by atoms with Gasteiger partial charge in [-0.05, 0) is 5.92 Å². The molecule has 0 aromatic carbocycles. The molecule has 0 saturated heterocycles. The predicted octanol–water partition coefficient (Wildman–Crippen LogP) is 0.641. The lowest BCUT2D eigenvalue weighted by Crippen LogP contribution is -2.35. The van der Waals surface area contributed by atoms with Crippen LogP contribution in [0.4, 0.5) is 0 Å². The number of methoxy groups -OCH3 is 1. The van der Waals surface area contributed by atoms with Gasteiger partial charge in [0.2, 0.25) is 0 Å². The maximum absolute atomic E-state index is 11.5. The third kappa shape index (κ3) is 5.97. The second-order valence-electron chi connectivity index (χ2n) is 3.93. The highest BCUT2D eigenvalue weighted by Gasteiger charge is 2.35. The summed E-state index contributed by atoms with van der Waals surface area (Å²) in [6.07, 6.45) is -0.0184. The van der Waals surface area contributed by atoms with Crippen molar-refractivity contribution in [2.75, 3.05) is 13.7 Å². The van der Waals surface area contributed by atoms with Crippen molar-refractivity contribution in [3.05, 3.63) is 0 Å². The van der Waals surface area contributed by atoms with Gasteiger partial charge in [-0.1, -0.05) is 20.3 Å². The monoisotopic (exact) mass is 284 g/mol. The number of carbonyl (C=O) groups excluding carboxylic acids is 2. The first-order valence-electron chi connectivity index (χ1n) is 5.42. The topological polar surface area (TPSA) is 107 Å². The van der Waals surface area contributed by atoms with E-state index in [4.69, 9.17) is 9.29 Å². The van der Waals surface area contributed by atoms with Crippen LogP contribution >= 0.6 is 0 Å². The third-order valence-corrected chi connectivity index (χ3v) is 3.49. The molecule has 0 fully saturated rings. The van der Waals surface area contributed by atoms with Crippen LogP contribution in [0.3, 0.4) is 0 Å². The molecule has 0 amide bonds. The van der Waals surface area contributed by atoms with E-state index in [-0.39, 0.29) is 14.0 Å². The highest BCUT2D eigenvalue weighted by Crippen LogP contribution is 2.10. The minimum atomic E-state index is -4.70.